The summed E-state index contributed by atoms with van der Waals surface area (Å²) in [5.74, 6) is 0.700. The van der Waals surface area contributed by atoms with Crippen LogP contribution in [0.1, 0.15) is 46.0 Å². The van der Waals surface area contributed by atoms with Gasteiger partial charge in [0.05, 0.1) is 12.7 Å². The van der Waals surface area contributed by atoms with Crippen molar-refractivity contribution in [1.29, 1.82) is 0 Å². The quantitative estimate of drug-likeness (QED) is 0.724. The second-order valence-corrected chi connectivity index (χ2v) is 5.24. The molecule has 2 nitrogen and oxygen atoms in total. The standard InChI is InChI=1S/C14H25NO/c1-3-8-15-14(12-6-4-5-7-12)13-9-11(2)16-10-13/h6,11,13-15H,3-5,7-10H2,1-2H3. The average Bonchev–Trinajstić information content (AvgIpc) is 2.91. The van der Waals surface area contributed by atoms with Gasteiger partial charge in [-0.05, 0) is 45.6 Å². The molecule has 3 unspecified atom stereocenters. The Morgan fingerprint density at radius 2 is 2.44 bits per heavy atom. The summed E-state index contributed by atoms with van der Waals surface area (Å²) >= 11 is 0. The Kier molecular flexibility index (Phi) is 4.42. The summed E-state index contributed by atoms with van der Waals surface area (Å²) in [7, 11) is 0. The van der Waals surface area contributed by atoms with Crippen LogP contribution in [0.4, 0.5) is 0 Å². The number of rotatable bonds is 5. The van der Waals surface area contributed by atoms with Gasteiger partial charge in [0.2, 0.25) is 0 Å². The maximum atomic E-state index is 5.72. The van der Waals surface area contributed by atoms with E-state index in [1.54, 1.807) is 5.57 Å². The lowest BCUT2D eigenvalue weighted by molar-refractivity contribution is 0.118. The zero-order chi connectivity index (χ0) is 11.4. The molecule has 0 aromatic carbocycles. The molecule has 2 heteroatoms. The van der Waals surface area contributed by atoms with Crippen LogP contribution in [0.15, 0.2) is 11.6 Å². The van der Waals surface area contributed by atoms with Gasteiger partial charge in [-0.1, -0.05) is 18.6 Å². The number of hydrogen-bond acceptors (Lipinski definition) is 2. The third kappa shape index (κ3) is 2.86. The van der Waals surface area contributed by atoms with Gasteiger partial charge in [-0.15, -0.1) is 0 Å². The van der Waals surface area contributed by atoms with Crippen LogP contribution < -0.4 is 5.32 Å². The summed E-state index contributed by atoms with van der Waals surface area (Å²) in [6, 6.07) is 0.590. The van der Waals surface area contributed by atoms with E-state index in [4.69, 9.17) is 4.74 Å². The van der Waals surface area contributed by atoms with Crippen LogP contribution in [0.3, 0.4) is 0 Å². The normalized spacial score (nSPS) is 31.8. The van der Waals surface area contributed by atoms with Gasteiger partial charge in [-0.3, -0.25) is 0 Å². The van der Waals surface area contributed by atoms with Gasteiger partial charge in [0.25, 0.3) is 0 Å². The smallest absolute Gasteiger partial charge is 0.0551 e. The number of nitrogens with one attached hydrogen (secondary N) is 1. The fourth-order valence-corrected chi connectivity index (χ4v) is 2.96. The number of hydrogen-bond donors (Lipinski definition) is 1. The molecule has 0 radical (unpaired) electrons. The van der Waals surface area contributed by atoms with Gasteiger partial charge in [-0.2, -0.15) is 0 Å². The molecule has 1 aliphatic carbocycles. The van der Waals surface area contributed by atoms with E-state index >= 15 is 0 Å². The monoisotopic (exact) mass is 223 g/mol. The van der Waals surface area contributed by atoms with Crippen LogP contribution in [-0.2, 0) is 4.74 Å². The molecule has 1 fully saturated rings. The van der Waals surface area contributed by atoms with Gasteiger partial charge < -0.3 is 10.1 Å². The lowest BCUT2D eigenvalue weighted by Crippen LogP contribution is -2.38. The van der Waals surface area contributed by atoms with Crippen molar-refractivity contribution in [3.63, 3.8) is 0 Å². The molecular formula is C14H25NO. The van der Waals surface area contributed by atoms with E-state index in [9.17, 15) is 0 Å². The zero-order valence-electron chi connectivity index (χ0n) is 10.7. The van der Waals surface area contributed by atoms with Crippen molar-refractivity contribution in [1.82, 2.24) is 5.32 Å². The minimum Gasteiger partial charge on any atom is -0.378 e. The van der Waals surface area contributed by atoms with Crippen LogP contribution in [0, 0.1) is 5.92 Å². The Morgan fingerprint density at radius 3 is 3.00 bits per heavy atom. The first-order valence-corrected chi connectivity index (χ1v) is 6.85. The lowest BCUT2D eigenvalue weighted by atomic mass is 9.90. The first-order chi connectivity index (χ1) is 7.81. The van der Waals surface area contributed by atoms with Crippen molar-refractivity contribution in [2.24, 2.45) is 5.92 Å². The molecule has 0 aromatic heterocycles. The average molecular weight is 223 g/mol. The van der Waals surface area contributed by atoms with Crippen molar-refractivity contribution in [2.45, 2.75) is 58.1 Å². The summed E-state index contributed by atoms with van der Waals surface area (Å²) in [6.07, 6.45) is 9.28. The fourth-order valence-electron chi connectivity index (χ4n) is 2.96. The molecule has 1 N–H and O–H groups in total. The van der Waals surface area contributed by atoms with Crippen LogP contribution in [0.5, 0.6) is 0 Å². The number of allylic oxidation sites excluding steroid dienone is 1. The van der Waals surface area contributed by atoms with Gasteiger partial charge in [0.15, 0.2) is 0 Å². The zero-order valence-corrected chi connectivity index (χ0v) is 10.7. The molecule has 16 heavy (non-hydrogen) atoms. The largest absolute Gasteiger partial charge is 0.378 e. The van der Waals surface area contributed by atoms with E-state index in [1.807, 2.05) is 0 Å². The molecule has 1 saturated heterocycles. The summed E-state index contributed by atoms with van der Waals surface area (Å²) in [5, 5.41) is 3.73. The second kappa shape index (κ2) is 5.83. The number of ether oxygens (including phenoxy) is 1. The third-order valence-electron chi connectivity index (χ3n) is 3.79. The molecule has 0 aromatic rings. The predicted octanol–water partition coefficient (Wildman–Crippen LogP) is 2.89. The molecule has 0 amide bonds. The van der Waals surface area contributed by atoms with Crippen molar-refractivity contribution in [3.8, 4) is 0 Å². The van der Waals surface area contributed by atoms with Crippen LogP contribution in [0.25, 0.3) is 0 Å². The van der Waals surface area contributed by atoms with Crippen LogP contribution in [0.2, 0.25) is 0 Å². The van der Waals surface area contributed by atoms with E-state index in [-0.39, 0.29) is 0 Å². The van der Waals surface area contributed by atoms with Gasteiger partial charge in [0, 0.05) is 12.0 Å². The highest BCUT2D eigenvalue weighted by atomic mass is 16.5. The highest BCUT2D eigenvalue weighted by molar-refractivity contribution is 5.17. The minimum absolute atomic E-state index is 0.456. The highest BCUT2D eigenvalue weighted by Gasteiger charge is 2.31. The summed E-state index contributed by atoms with van der Waals surface area (Å²) in [5.41, 5.74) is 1.65. The van der Waals surface area contributed by atoms with Gasteiger partial charge in [0.1, 0.15) is 0 Å². The first-order valence-electron chi connectivity index (χ1n) is 6.85. The summed E-state index contributed by atoms with van der Waals surface area (Å²) in [6.45, 7) is 6.51. The van der Waals surface area contributed by atoms with E-state index in [0.29, 0.717) is 18.1 Å². The molecule has 0 bridgehead atoms. The Labute approximate surface area is 99.4 Å². The molecule has 3 atom stereocenters. The summed E-state index contributed by atoms with van der Waals surface area (Å²) in [4.78, 5) is 0. The van der Waals surface area contributed by atoms with Crippen LogP contribution in [-0.4, -0.2) is 25.3 Å². The van der Waals surface area contributed by atoms with Crippen molar-refractivity contribution in [3.05, 3.63) is 11.6 Å². The van der Waals surface area contributed by atoms with Crippen LogP contribution >= 0.6 is 0 Å². The molecule has 2 rings (SSSR count). The van der Waals surface area contributed by atoms with E-state index in [2.05, 4.69) is 25.2 Å². The topological polar surface area (TPSA) is 21.3 Å². The van der Waals surface area contributed by atoms with Crippen molar-refractivity contribution >= 4 is 0 Å². The maximum Gasteiger partial charge on any atom is 0.0551 e. The molecular weight excluding hydrogens is 198 g/mol. The van der Waals surface area contributed by atoms with E-state index in [0.717, 1.165) is 13.2 Å². The second-order valence-electron chi connectivity index (χ2n) is 5.24. The Hall–Kier alpha value is -0.340. The third-order valence-corrected chi connectivity index (χ3v) is 3.79. The molecule has 2 aliphatic rings. The predicted molar refractivity (Wildman–Crippen MR) is 67.5 cm³/mol. The summed E-state index contributed by atoms with van der Waals surface area (Å²) < 4.78 is 5.72. The maximum absolute atomic E-state index is 5.72. The highest BCUT2D eigenvalue weighted by Crippen LogP contribution is 2.31. The van der Waals surface area contributed by atoms with Gasteiger partial charge in [-0.25, -0.2) is 0 Å². The Morgan fingerprint density at radius 1 is 1.56 bits per heavy atom. The fraction of sp³-hybridized carbons (Fsp3) is 0.857. The van der Waals surface area contributed by atoms with Crippen molar-refractivity contribution in [2.75, 3.05) is 13.2 Å². The minimum atomic E-state index is 0.456. The van der Waals surface area contributed by atoms with Crippen molar-refractivity contribution < 1.29 is 4.74 Å². The first kappa shape index (κ1) is 12.1. The molecule has 0 spiro atoms. The Bertz CT molecular complexity index is 249. The van der Waals surface area contributed by atoms with E-state index in [1.165, 1.54) is 32.1 Å². The molecule has 1 heterocycles. The molecule has 0 saturated carbocycles. The molecule has 92 valence electrons. The van der Waals surface area contributed by atoms with E-state index < -0.39 is 0 Å². The lowest BCUT2D eigenvalue weighted by Gasteiger charge is -2.25. The van der Waals surface area contributed by atoms with Gasteiger partial charge >= 0.3 is 0 Å². The SMILES string of the molecule is CCCNC(C1=CCCC1)C1COC(C)C1. The molecule has 1 aliphatic heterocycles. The Balaban J connectivity index is 1.96.